The molecule has 4 rings (SSSR count). The maximum absolute atomic E-state index is 4.82. The maximum Gasteiger partial charge on any atom is 0.153 e. The van der Waals surface area contributed by atoms with Gasteiger partial charge in [0.1, 0.15) is 17.5 Å². The van der Waals surface area contributed by atoms with E-state index in [-0.39, 0.29) is 5.41 Å². The first-order valence-electron chi connectivity index (χ1n) is 9.57. The minimum Gasteiger partial charge on any atom is -0.355 e. The summed E-state index contributed by atoms with van der Waals surface area (Å²) < 4.78 is 1.91. The molecule has 1 saturated heterocycles. The van der Waals surface area contributed by atoms with Crippen LogP contribution in [0.5, 0.6) is 0 Å². The molecule has 0 N–H and O–H groups in total. The highest BCUT2D eigenvalue weighted by Gasteiger charge is 2.20. The first kappa shape index (κ1) is 17.7. The smallest absolute Gasteiger partial charge is 0.153 e. The van der Waals surface area contributed by atoms with E-state index in [2.05, 4.69) is 52.7 Å². The lowest BCUT2D eigenvalue weighted by Gasteiger charge is -2.23. The molecule has 4 heterocycles. The molecule has 1 fully saturated rings. The lowest BCUT2D eigenvalue weighted by molar-refractivity contribution is 0.572. The fourth-order valence-corrected chi connectivity index (χ4v) is 3.40. The summed E-state index contributed by atoms with van der Waals surface area (Å²) in [5.74, 6) is 2.83. The van der Waals surface area contributed by atoms with Crippen LogP contribution < -0.4 is 9.80 Å². The van der Waals surface area contributed by atoms with Crippen LogP contribution in [-0.4, -0.2) is 50.7 Å². The fourth-order valence-electron chi connectivity index (χ4n) is 3.40. The Morgan fingerprint density at radius 3 is 2.33 bits per heavy atom. The molecule has 1 aliphatic rings. The summed E-state index contributed by atoms with van der Waals surface area (Å²) in [6, 6.07) is 6.14. The Balaban J connectivity index is 1.53. The summed E-state index contributed by atoms with van der Waals surface area (Å²) in [6.45, 7) is 12.3. The SMILES string of the molecule is Cc1nccc(N2CCCN(c3ccc4nc(C(C)(C)C)cn4n3)CC2)n1. The molecular formula is C20H27N7. The summed E-state index contributed by atoms with van der Waals surface area (Å²) in [4.78, 5) is 18.2. The van der Waals surface area contributed by atoms with Crippen molar-refractivity contribution < 1.29 is 0 Å². The topological polar surface area (TPSA) is 62.5 Å². The predicted molar refractivity (Wildman–Crippen MR) is 107 cm³/mol. The summed E-state index contributed by atoms with van der Waals surface area (Å²) >= 11 is 0. The van der Waals surface area contributed by atoms with E-state index in [0.717, 1.165) is 61.4 Å². The van der Waals surface area contributed by atoms with Crippen LogP contribution in [0, 0.1) is 6.92 Å². The Hall–Kier alpha value is -2.70. The number of imidazole rings is 1. The lowest BCUT2D eigenvalue weighted by atomic mass is 9.93. The van der Waals surface area contributed by atoms with E-state index in [0.29, 0.717) is 0 Å². The molecule has 0 atom stereocenters. The quantitative estimate of drug-likeness (QED) is 0.696. The highest BCUT2D eigenvalue weighted by atomic mass is 15.3. The van der Waals surface area contributed by atoms with Crippen molar-refractivity contribution in [3.05, 3.63) is 42.1 Å². The molecule has 7 heteroatoms. The maximum atomic E-state index is 4.82. The zero-order chi connectivity index (χ0) is 19.0. The Morgan fingerprint density at radius 2 is 1.63 bits per heavy atom. The molecule has 3 aromatic heterocycles. The third-order valence-corrected chi connectivity index (χ3v) is 4.98. The van der Waals surface area contributed by atoms with Gasteiger partial charge in [0.2, 0.25) is 0 Å². The minimum absolute atomic E-state index is 0.0205. The molecule has 0 aliphatic carbocycles. The van der Waals surface area contributed by atoms with Gasteiger partial charge >= 0.3 is 0 Å². The predicted octanol–water partition coefficient (Wildman–Crippen LogP) is 2.84. The van der Waals surface area contributed by atoms with Gasteiger partial charge in [0.15, 0.2) is 5.65 Å². The zero-order valence-corrected chi connectivity index (χ0v) is 16.6. The van der Waals surface area contributed by atoms with Crippen molar-refractivity contribution in [3.8, 4) is 0 Å². The van der Waals surface area contributed by atoms with Crippen LogP contribution in [-0.2, 0) is 5.41 Å². The second-order valence-electron chi connectivity index (χ2n) is 8.16. The summed E-state index contributed by atoms with van der Waals surface area (Å²) in [5, 5.41) is 4.82. The van der Waals surface area contributed by atoms with E-state index in [1.807, 2.05) is 29.9 Å². The van der Waals surface area contributed by atoms with E-state index in [1.165, 1.54) is 0 Å². The molecule has 0 amide bonds. The summed E-state index contributed by atoms with van der Waals surface area (Å²) in [7, 11) is 0. The molecule has 27 heavy (non-hydrogen) atoms. The second-order valence-corrected chi connectivity index (χ2v) is 8.16. The molecule has 0 aromatic carbocycles. The molecule has 0 spiro atoms. The Bertz CT molecular complexity index is 941. The second kappa shape index (κ2) is 6.79. The molecule has 0 saturated carbocycles. The van der Waals surface area contributed by atoms with Gasteiger partial charge in [0.25, 0.3) is 0 Å². The van der Waals surface area contributed by atoms with E-state index in [4.69, 9.17) is 10.1 Å². The van der Waals surface area contributed by atoms with Gasteiger partial charge in [0.05, 0.1) is 11.9 Å². The average molecular weight is 365 g/mol. The number of hydrogen-bond donors (Lipinski definition) is 0. The number of aromatic nitrogens is 5. The normalized spacial score (nSPS) is 16.0. The number of rotatable bonds is 2. The van der Waals surface area contributed by atoms with Crippen LogP contribution in [0.2, 0.25) is 0 Å². The molecule has 142 valence electrons. The molecule has 1 aliphatic heterocycles. The van der Waals surface area contributed by atoms with Crippen molar-refractivity contribution in [2.45, 2.75) is 39.5 Å². The monoisotopic (exact) mass is 365 g/mol. The Kier molecular flexibility index (Phi) is 4.45. The van der Waals surface area contributed by atoms with E-state index in [1.54, 1.807) is 0 Å². The number of hydrogen-bond acceptors (Lipinski definition) is 6. The van der Waals surface area contributed by atoms with Crippen LogP contribution in [0.4, 0.5) is 11.6 Å². The van der Waals surface area contributed by atoms with Gasteiger partial charge in [-0.05, 0) is 31.5 Å². The van der Waals surface area contributed by atoms with Crippen molar-refractivity contribution in [2.75, 3.05) is 36.0 Å². The number of aryl methyl sites for hydroxylation is 1. The first-order valence-corrected chi connectivity index (χ1v) is 9.57. The van der Waals surface area contributed by atoms with Crippen LogP contribution in [0.15, 0.2) is 30.6 Å². The molecule has 0 unspecified atom stereocenters. The first-order chi connectivity index (χ1) is 12.9. The zero-order valence-electron chi connectivity index (χ0n) is 16.6. The van der Waals surface area contributed by atoms with Gasteiger partial charge < -0.3 is 9.80 Å². The minimum atomic E-state index is 0.0205. The Morgan fingerprint density at radius 1 is 0.889 bits per heavy atom. The van der Waals surface area contributed by atoms with Crippen molar-refractivity contribution in [3.63, 3.8) is 0 Å². The summed E-state index contributed by atoms with van der Waals surface area (Å²) in [5.41, 5.74) is 1.98. The number of nitrogens with zero attached hydrogens (tertiary/aromatic N) is 7. The van der Waals surface area contributed by atoms with E-state index < -0.39 is 0 Å². The lowest BCUT2D eigenvalue weighted by Crippen LogP contribution is -2.31. The van der Waals surface area contributed by atoms with Crippen molar-refractivity contribution in [1.29, 1.82) is 0 Å². The van der Waals surface area contributed by atoms with E-state index >= 15 is 0 Å². The van der Waals surface area contributed by atoms with Crippen molar-refractivity contribution in [1.82, 2.24) is 24.6 Å². The van der Waals surface area contributed by atoms with E-state index in [9.17, 15) is 0 Å². The van der Waals surface area contributed by atoms with Gasteiger partial charge in [0, 0.05) is 37.8 Å². The van der Waals surface area contributed by atoms with Crippen LogP contribution in [0.25, 0.3) is 5.65 Å². The largest absolute Gasteiger partial charge is 0.355 e. The summed E-state index contributed by atoms with van der Waals surface area (Å²) in [6.07, 6.45) is 4.95. The van der Waals surface area contributed by atoms with Gasteiger partial charge in [-0.15, -0.1) is 5.10 Å². The average Bonchev–Trinajstić information content (AvgIpc) is 2.91. The third kappa shape index (κ3) is 3.72. The van der Waals surface area contributed by atoms with Gasteiger partial charge in [-0.3, -0.25) is 0 Å². The van der Waals surface area contributed by atoms with Crippen LogP contribution >= 0.6 is 0 Å². The third-order valence-electron chi connectivity index (χ3n) is 4.98. The van der Waals surface area contributed by atoms with Crippen molar-refractivity contribution >= 4 is 17.3 Å². The molecule has 7 nitrogen and oxygen atoms in total. The number of anilines is 2. The highest BCUT2D eigenvalue weighted by Crippen LogP contribution is 2.23. The molecular weight excluding hydrogens is 338 g/mol. The Labute approximate surface area is 160 Å². The van der Waals surface area contributed by atoms with Crippen LogP contribution in [0.1, 0.15) is 38.7 Å². The van der Waals surface area contributed by atoms with Crippen LogP contribution in [0.3, 0.4) is 0 Å². The standard InChI is InChI=1S/C20H27N7/c1-15-21-9-8-17(22-15)25-10-5-11-26(13-12-25)19-7-6-18-23-16(20(2,3)4)14-27(18)24-19/h6-9,14H,5,10-13H2,1-4H3. The molecule has 0 bridgehead atoms. The number of fused-ring (bicyclic) bond motifs is 1. The fraction of sp³-hybridized carbons (Fsp3) is 0.500. The van der Waals surface area contributed by atoms with Gasteiger partial charge in [-0.1, -0.05) is 20.8 Å². The van der Waals surface area contributed by atoms with Crippen molar-refractivity contribution in [2.24, 2.45) is 0 Å². The molecule has 0 radical (unpaired) electrons. The molecule has 3 aromatic rings. The van der Waals surface area contributed by atoms with Gasteiger partial charge in [-0.25, -0.2) is 19.5 Å². The van der Waals surface area contributed by atoms with Gasteiger partial charge in [-0.2, -0.15) is 0 Å². The highest BCUT2D eigenvalue weighted by molar-refractivity contribution is 5.48.